The Morgan fingerprint density at radius 2 is 1.72 bits per heavy atom. The van der Waals surface area contributed by atoms with Crippen molar-refractivity contribution in [3.8, 4) is 0 Å². The minimum atomic E-state index is -0.252. The average Bonchev–Trinajstić information content (AvgIpc) is 2.76. The number of rotatable bonds is 6. The lowest BCUT2D eigenvalue weighted by Gasteiger charge is -2.33. The largest absolute Gasteiger partial charge is 0.356 e. The topological polar surface area (TPSA) is 41.1 Å². The van der Waals surface area contributed by atoms with Gasteiger partial charge in [0.05, 0.1) is 0 Å². The standard InChI is InChI=1S/C24H27FN4/c1-2-6-22-17-23(28-24(27-22)26-21-11-9-20(25)10-12-21)29-15-13-19(14-16-29)18-7-4-3-5-8-18/h3-5,7-12,17,19H,2,6,13-16H2,1H3,(H,26,27,28). The zero-order valence-electron chi connectivity index (χ0n) is 16.8. The number of aryl methyl sites for hydroxylation is 1. The molecular weight excluding hydrogens is 363 g/mol. The number of anilines is 3. The third kappa shape index (κ3) is 4.91. The Morgan fingerprint density at radius 1 is 1.00 bits per heavy atom. The molecule has 4 nitrogen and oxygen atoms in total. The number of nitrogens with zero attached hydrogens (tertiary/aromatic N) is 3. The summed E-state index contributed by atoms with van der Waals surface area (Å²) in [6.07, 6.45) is 4.19. The molecule has 1 N–H and O–H groups in total. The van der Waals surface area contributed by atoms with E-state index < -0.39 is 0 Å². The van der Waals surface area contributed by atoms with Crippen LogP contribution in [0.5, 0.6) is 0 Å². The number of hydrogen-bond acceptors (Lipinski definition) is 4. The van der Waals surface area contributed by atoms with Crippen molar-refractivity contribution < 1.29 is 4.39 Å². The highest BCUT2D eigenvalue weighted by atomic mass is 19.1. The van der Waals surface area contributed by atoms with Gasteiger partial charge in [-0.2, -0.15) is 4.98 Å². The van der Waals surface area contributed by atoms with Crippen LogP contribution in [-0.2, 0) is 6.42 Å². The fourth-order valence-corrected chi connectivity index (χ4v) is 3.91. The minimum absolute atomic E-state index is 0.252. The van der Waals surface area contributed by atoms with Gasteiger partial charge in [-0.25, -0.2) is 9.37 Å². The molecular formula is C24H27FN4. The molecule has 0 saturated carbocycles. The zero-order chi connectivity index (χ0) is 20.1. The third-order valence-corrected chi connectivity index (χ3v) is 5.46. The van der Waals surface area contributed by atoms with E-state index in [0.717, 1.165) is 56.0 Å². The number of hydrogen-bond donors (Lipinski definition) is 1. The number of nitrogens with one attached hydrogen (secondary N) is 1. The third-order valence-electron chi connectivity index (χ3n) is 5.46. The Kier molecular flexibility index (Phi) is 6.03. The van der Waals surface area contributed by atoms with Gasteiger partial charge in [0, 0.05) is 30.5 Å². The normalized spacial score (nSPS) is 14.8. The van der Waals surface area contributed by atoms with Crippen LogP contribution in [0.3, 0.4) is 0 Å². The van der Waals surface area contributed by atoms with Crippen LogP contribution in [0.4, 0.5) is 21.8 Å². The summed E-state index contributed by atoms with van der Waals surface area (Å²) < 4.78 is 13.2. The molecule has 1 aliphatic heterocycles. The van der Waals surface area contributed by atoms with Gasteiger partial charge in [-0.3, -0.25) is 0 Å². The molecule has 0 unspecified atom stereocenters. The molecule has 1 fully saturated rings. The summed E-state index contributed by atoms with van der Waals surface area (Å²) in [6, 6.07) is 19.2. The quantitative estimate of drug-likeness (QED) is 0.586. The van der Waals surface area contributed by atoms with Crippen LogP contribution in [0.25, 0.3) is 0 Å². The molecule has 3 aromatic rings. The predicted molar refractivity (Wildman–Crippen MR) is 116 cm³/mol. The van der Waals surface area contributed by atoms with Crippen LogP contribution in [0.2, 0.25) is 0 Å². The summed E-state index contributed by atoms with van der Waals surface area (Å²) in [5.41, 5.74) is 3.25. The smallest absolute Gasteiger partial charge is 0.229 e. The molecule has 2 heterocycles. The van der Waals surface area contributed by atoms with Crippen molar-refractivity contribution >= 4 is 17.5 Å². The summed E-state index contributed by atoms with van der Waals surface area (Å²) in [5.74, 6) is 1.90. The second-order valence-corrected chi connectivity index (χ2v) is 7.59. The fourth-order valence-electron chi connectivity index (χ4n) is 3.91. The number of halogens is 1. The lowest BCUT2D eigenvalue weighted by Crippen LogP contribution is -2.33. The van der Waals surface area contributed by atoms with Crippen LogP contribution >= 0.6 is 0 Å². The molecule has 0 amide bonds. The van der Waals surface area contributed by atoms with Crippen LogP contribution in [0, 0.1) is 5.82 Å². The van der Waals surface area contributed by atoms with E-state index in [0.29, 0.717) is 11.9 Å². The second-order valence-electron chi connectivity index (χ2n) is 7.59. The first-order valence-electron chi connectivity index (χ1n) is 10.4. The molecule has 1 aromatic heterocycles. The highest BCUT2D eigenvalue weighted by Gasteiger charge is 2.22. The molecule has 0 aliphatic carbocycles. The van der Waals surface area contributed by atoms with Gasteiger partial charge in [-0.05, 0) is 55.0 Å². The maximum absolute atomic E-state index is 13.2. The zero-order valence-corrected chi connectivity index (χ0v) is 16.8. The van der Waals surface area contributed by atoms with Gasteiger partial charge in [-0.15, -0.1) is 0 Å². The molecule has 29 heavy (non-hydrogen) atoms. The number of benzene rings is 2. The number of piperidine rings is 1. The number of aromatic nitrogens is 2. The maximum atomic E-state index is 13.2. The molecule has 0 atom stereocenters. The van der Waals surface area contributed by atoms with Crippen LogP contribution in [0.15, 0.2) is 60.7 Å². The van der Waals surface area contributed by atoms with Gasteiger partial charge >= 0.3 is 0 Å². The van der Waals surface area contributed by atoms with Crippen LogP contribution in [-0.4, -0.2) is 23.1 Å². The van der Waals surface area contributed by atoms with Crippen molar-refractivity contribution in [1.29, 1.82) is 0 Å². The van der Waals surface area contributed by atoms with Gasteiger partial charge in [-0.1, -0.05) is 43.7 Å². The maximum Gasteiger partial charge on any atom is 0.229 e. The van der Waals surface area contributed by atoms with Gasteiger partial charge in [0.1, 0.15) is 11.6 Å². The van der Waals surface area contributed by atoms with E-state index in [1.165, 1.54) is 17.7 Å². The molecule has 5 heteroatoms. The highest BCUT2D eigenvalue weighted by molar-refractivity contribution is 5.55. The van der Waals surface area contributed by atoms with Crippen molar-refractivity contribution in [3.05, 3.63) is 77.7 Å². The monoisotopic (exact) mass is 390 g/mol. The summed E-state index contributed by atoms with van der Waals surface area (Å²) in [6.45, 7) is 4.12. The molecule has 4 rings (SSSR count). The summed E-state index contributed by atoms with van der Waals surface area (Å²) >= 11 is 0. The highest BCUT2D eigenvalue weighted by Crippen LogP contribution is 2.30. The summed E-state index contributed by atoms with van der Waals surface area (Å²) in [4.78, 5) is 11.8. The van der Waals surface area contributed by atoms with E-state index in [2.05, 4.69) is 58.5 Å². The van der Waals surface area contributed by atoms with Crippen molar-refractivity contribution in [2.45, 2.75) is 38.5 Å². The SMILES string of the molecule is CCCc1cc(N2CCC(c3ccccc3)CC2)nc(Nc2ccc(F)cc2)n1. The van der Waals surface area contributed by atoms with Crippen molar-refractivity contribution in [2.75, 3.05) is 23.3 Å². The van der Waals surface area contributed by atoms with E-state index in [4.69, 9.17) is 4.98 Å². The molecule has 0 spiro atoms. The van der Waals surface area contributed by atoms with E-state index >= 15 is 0 Å². The van der Waals surface area contributed by atoms with Crippen LogP contribution < -0.4 is 10.2 Å². The van der Waals surface area contributed by atoms with E-state index in [9.17, 15) is 4.39 Å². The predicted octanol–water partition coefficient (Wildman–Crippen LogP) is 5.70. The molecule has 150 valence electrons. The Hall–Kier alpha value is -2.95. The Balaban J connectivity index is 1.50. The van der Waals surface area contributed by atoms with Gasteiger partial charge in [0.15, 0.2) is 0 Å². The average molecular weight is 391 g/mol. The molecule has 1 saturated heterocycles. The Labute approximate surface area is 171 Å². The Bertz CT molecular complexity index is 919. The van der Waals surface area contributed by atoms with E-state index in [1.807, 2.05) is 0 Å². The van der Waals surface area contributed by atoms with E-state index in [-0.39, 0.29) is 5.82 Å². The van der Waals surface area contributed by atoms with Gasteiger partial charge < -0.3 is 10.2 Å². The summed E-state index contributed by atoms with van der Waals surface area (Å²) in [7, 11) is 0. The molecule has 0 radical (unpaired) electrons. The summed E-state index contributed by atoms with van der Waals surface area (Å²) in [5, 5.41) is 3.23. The van der Waals surface area contributed by atoms with Crippen LogP contribution in [0.1, 0.15) is 43.4 Å². The van der Waals surface area contributed by atoms with Crippen molar-refractivity contribution in [1.82, 2.24) is 9.97 Å². The fraction of sp³-hybridized carbons (Fsp3) is 0.333. The van der Waals surface area contributed by atoms with Gasteiger partial charge in [0.2, 0.25) is 5.95 Å². The molecule has 1 aliphatic rings. The van der Waals surface area contributed by atoms with Crippen molar-refractivity contribution in [2.24, 2.45) is 0 Å². The molecule has 2 aromatic carbocycles. The van der Waals surface area contributed by atoms with Crippen molar-refractivity contribution in [3.63, 3.8) is 0 Å². The first kappa shape index (κ1) is 19.4. The first-order chi connectivity index (χ1) is 14.2. The molecule has 0 bridgehead atoms. The van der Waals surface area contributed by atoms with Gasteiger partial charge in [0.25, 0.3) is 0 Å². The second kappa shape index (κ2) is 9.03. The Morgan fingerprint density at radius 3 is 2.41 bits per heavy atom. The lowest BCUT2D eigenvalue weighted by atomic mass is 9.89. The first-order valence-corrected chi connectivity index (χ1v) is 10.4. The van der Waals surface area contributed by atoms with E-state index in [1.54, 1.807) is 12.1 Å². The minimum Gasteiger partial charge on any atom is -0.356 e. The lowest BCUT2D eigenvalue weighted by molar-refractivity contribution is 0.502.